The van der Waals surface area contributed by atoms with Gasteiger partial charge in [-0.2, -0.15) is 0 Å². The fourth-order valence-electron chi connectivity index (χ4n) is 2.58. The lowest BCUT2D eigenvalue weighted by molar-refractivity contribution is -0.142. The maximum absolute atomic E-state index is 12.9. The SMILES string of the molecule is CC(C)NC(=O)[C@@H](C)N(Cc1ccc(Cl)c(Cl)c1)C(=O)COc1ccc(I)cc1. The van der Waals surface area contributed by atoms with E-state index >= 15 is 0 Å². The Labute approximate surface area is 194 Å². The first kappa shape index (κ1) is 23.8. The lowest BCUT2D eigenvalue weighted by Crippen LogP contribution is -2.50. The van der Waals surface area contributed by atoms with E-state index in [1.807, 2.05) is 26.0 Å². The average Bonchev–Trinajstić information content (AvgIpc) is 2.67. The van der Waals surface area contributed by atoms with Gasteiger partial charge in [-0.1, -0.05) is 29.3 Å². The molecular formula is C21H23Cl2IN2O3. The third kappa shape index (κ3) is 7.35. The van der Waals surface area contributed by atoms with E-state index in [1.54, 1.807) is 37.3 Å². The molecule has 5 nitrogen and oxygen atoms in total. The third-order valence-corrected chi connectivity index (χ3v) is 5.57. The molecule has 29 heavy (non-hydrogen) atoms. The Bertz CT molecular complexity index is 860. The Kier molecular flexibility index (Phi) is 9.04. The second kappa shape index (κ2) is 11.0. The molecule has 0 heterocycles. The van der Waals surface area contributed by atoms with Gasteiger partial charge in [-0.25, -0.2) is 0 Å². The Hall–Kier alpha value is -1.51. The molecule has 8 heteroatoms. The van der Waals surface area contributed by atoms with E-state index in [1.165, 1.54) is 4.90 Å². The highest BCUT2D eigenvalue weighted by Gasteiger charge is 2.27. The monoisotopic (exact) mass is 548 g/mol. The number of benzene rings is 2. The van der Waals surface area contributed by atoms with Crippen LogP contribution in [0, 0.1) is 3.57 Å². The summed E-state index contributed by atoms with van der Waals surface area (Å²) < 4.78 is 6.69. The molecule has 0 aromatic heterocycles. The predicted octanol–water partition coefficient (Wildman–Crippen LogP) is 4.92. The van der Waals surface area contributed by atoms with Gasteiger partial charge >= 0.3 is 0 Å². The summed E-state index contributed by atoms with van der Waals surface area (Å²) in [5, 5.41) is 3.67. The summed E-state index contributed by atoms with van der Waals surface area (Å²) in [4.78, 5) is 26.9. The van der Waals surface area contributed by atoms with Crippen LogP contribution in [0.4, 0.5) is 0 Å². The summed E-state index contributed by atoms with van der Waals surface area (Å²) >= 11 is 14.3. The van der Waals surface area contributed by atoms with Crippen molar-refractivity contribution >= 4 is 57.6 Å². The van der Waals surface area contributed by atoms with E-state index in [9.17, 15) is 9.59 Å². The molecule has 2 aromatic carbocycles. The molecule has 0 saturated heterocycles. The van der Waals surface area contributed by atoms with Crippen LogP contribution in [-0.2, 0) is 16.1 Å². The Morgan fingerprint density at radius 2 is 1.72 bits per heavy atom. The quantitative estimate of drug-likeness (QED) is 0.476. The number of halogens is 3. The van der Waals surface area contributed by atoms with Gasteiger partial charge in [0.25, 0.3) is 5.91 Å². The van der Waals surface area contributed by atoms with Crippen LogP contribution in [0.3, 0.4) is 0 Å². The normalized spacial score (nSPS) is 11.8. The topological polar surface area (TPSA) is 58.6 Å². The Morgan fingerprint density at radius 3 is 2.31 bits per heavy atom. The Morgan fingerprint density at radius 1 is 1.07 bits per heavy atom. The van der Waals surface area contributed by atoms with Gasteiger partial charge in [0.05, 0.1) is 10.0 Å². The molecular weight excluding hydrogens is 526 g/mol. The minimum absolute atomic E-state index is 0.0325. The van der Waals surface area contributed by atoms with Gasteiger partial charge in [0.15, 0.2) is 6.61 Å². The van der Waals surface area contributed by atoms with Gasteiger partial charge < -0.3 is 15.0 Å². The first-order valence-corrected chi connectivity index (χ1v) is 10.9. The molecule has 2 rings (SSSR count). The van der Waals surface area contributed by atoms with Crippen molar-refractivity contribution in [3.05, 3.63) is 61.6 Å². The zero-order valence-corrected chi connectivity index (χ0v) is 20.1. The Balaban J connectivity index is 2.17. The highest BCUT2D eigenvalue weighted by atomic mass is 127. The second-order valence-electron chi connectivity index (χ2n) is 6.85. The molecule has 0 radical (unpaired) electrons. The van der Waals surface area contributed by atoms with E-state index in [4.69, 9.17) is 27.9 Å². The van der Waals surface area contributed by atoms with E-state index in [2.05, 4.69) is 27.9 Å². The molecule has 1 atom stereocenters. The molecule has 0 aliphatic heterocycles. The largest absolute Gasteiger partial charge is 0.484 e. The summed E-state index contributed by atoms with van der Waals surface area (Å²) in [6.45, 7) is 5.46. The highest BCUT2D eigenvalue weighted by molar-refractivity contribution is 14.1. The fourth-order valence-corrected chi connectivity index (χ4v) is 3.26. The molecule has 0 spiro atoms. The van der Waals surface area contributed by atoms with Crippen molar-refractivity contribution in [3.8, 4) is 5.75 Å². The summed E-state index contributed by atoms with van der Waals surface area (Å²) in [6, 6.07) is 11.8. The lowest BCUT2D eigenvalue weighted by Gasteiger charge is -2.29. The highest BCUT2D eigenvalue weighted by Crippen LogP contribution is 2.24. The van der Waals surface area contributed by atoms with Crippen molar-refractivity contribution in [1.82, 2.24) is 10.2 Å². The zero-order valence-electron chi connectivity index (χ0n) is 16.4. The molecule has 2 aromatic rings. The number of ether oxygens (including phenoxy) is 1. The van der Waals surface area contributed by atoms with Crippen molar-refractivity contribution in [1.29, 1.82) is 0 Å². The molecule has 1 N–H and O–H groups in total. The van der Waals surface area contributed by atoms with E-state index in [0.29, 0.717) is 15.8 Å². The van der Waals surface area contributed by atoms with Crippen LogP contribution < -0.4 is 10.1 Å². The summed E-state index contributed by atoms with van der Waals surface area (Å²) in [7, 11) is 0. The number of nitrogens with zero attached hydrogens (tertiary/aromatic N) is 1. The number of amides is 2. The van der Waals surface area contributed by atoms with Crippen LogP contribution in [0.15, 0.2) is 42.5 Å². The van der Waals surface area contributed by atoms with Crippen molar-refractivity contribution in [2.75, 3.05) is 6.61 Å². The van der Waals surface area contributed by atoms with Gasteiger partial charge in [0.1, 0.15) is 11.8 Å². The van der Waals surface area contributed by atoms with Crippen molar-refractivity contribution in [3.63, 3.8) is 0 Å². The summed E-state index contributed by atoms with van der Waals surface area (Å²) in [5.41, 5.74) is 0.770. The molecule has 0 saturated carbocycles. The summed E-state index contributed by atoms with van der Waals surface area (Å²) in [6.07, 6.45) is 0. The van der Waals surface area contributed by atoms with Crippen LogP contribution in [-0.4, -0.2) is 35.4 Å². The molecule has 0 bridgehead atoms. The van der Waals surface area contributed by atoms with Gasteiger partial charge in [-0.05, 0) is 85.3 Å². The van der Waals surface area contributed by atoms with Crippen molar-refractivity contribution in [2.24, 2.45) is 0 Å². The van der Waals surface area contributed by atoms with Crippen molar-refractivity contribution in [2.45, 2.75) is 39.4 Å². The average molecular weight is 549 g/mol. The molecule has 2 amide bonds. The maximum Gasteiger partial charge on any atom is 0.261 e. The minimum Gasteiger partial charge on any atom is -0.484 e. The van der Waals surface area contributed by atoms with E-state index in [-0.39, 0.29) is 31.0 Å². The van der Waals surface area contributed by atoms with Crippen LogP contribution in [0.5, 0.6) is 5.75 Å². The van der Waals surface area contributed by atoms with E-state index in [0.717, 1.165) is 9.13 Å². The number of nitrogens with one attached hydrogen (secondary N) is 1. The number of carbonyl (C=O) groups excluding carboxylic acids is 2. The first-order valence-electron chi connectivity index (χ1n) is 9.09. The van der Waals surface area contributed by atoms with E-state index < -0.39 is 6.04 Å². The standard InChI is InChI=1S/C21H23Cl2IN2O3/c1-13(2)25-21(28)14(3)26(11-15-4-9-18(22)19(23)10-15)20(27)12-29-17-7-5-16(24)6-8-17/h4-10,13-14H,11-12H2,1-3H3,(H,25,28)/t14-/m1/s1. The first-order chi connectivity index (χ1) is 13.7. The maximum atomic E-state index is 12.9. The third-order valence-electron chi connectivity index (χ3n) is 4.11. The van der Waals surface area contributed by atoms with Crippen LogP contribution in [0.1, 0.15) is 26.3 Å². The molecule has 0 aliphatic carbocycles. The van der Waals surface area contributed by atoms with Crippen LogP contribution >= 0.6 is 45.8 Å². The van der Waals surface area contributed by atoms with Gasteiger partial charge in [0.2, 0.25) is 5.91 Å². The van der Waals surface area contributed by atoms with Gasteiger partial charge in [0, 0.05) is 16.2 Å². The molecule has 156 valence electrons. The summed E-state index contributed by atoms with van der Waals surface area (Å²) in [5.74, 6) is 0.0521. The number of carbonyl (C=O) groups is 2. The number of hydrogen-bond donors (Lipinski definition) is 1. The molecule has 0 aliphatic rings. The van der Waals surface area contributed by atoms with Gasteiger partial charge in [-0.3, -0.25) is 9.59 Å². The number of rotatable bonds is 8. The van der Waals surface area contributed by atoms with Crippen molar-refractivity contribution < 1.29 is 14.3 Å². The molecule has 0 fully saturated rings. The predicted molar refractivity (Wildman–Crippen MR) is 124 cm³/mol. The zero-order chi connectivity index (χ0) is 21.6. The minimum atomic E-state index is -0.681. The smallest absolute Gasteiger partial charge is 0.261 e. The van der Waals surface area contributed by atoms with Crippen LogP contribution in [0.25, 0.3) is 0 Å². The van der Waals surface area contributed by atoms with Crippen LogP contribution in [0.2, 0.25) is 10.0 Å². The number of hydrogen-bond acceptors (Lipinski definition) is 3. The fraction of sp³-hybridized carbons (Fsp3) is 0.333. The second-order valence-corrected chi connectivity index (χ2v) is 8.91. The van der Waals surface area contributed by atoms with Gasteiger partial charge in [-0.15, -0.1) is 0 Å². The molecule has 0 unspecified atom stereocenters. The lowest BCUT2D eigenvalue weighted by atomic mass is 10.1.